The highest BCUT2D eigenvalue weighted by Gasteiger charge is 2.37. The van der Waals surface area contributed by atoms with Gasteiger partial charge in [-0.3, -0.25) is 0 Å². The smallest absolute Gasteiger partial charge is 0.243 e. The molecule has 0 aromatic heterocycles. The second-order valence-electron chi connectivity index (χ2n) is 6.27. The van der Waals surface area contributed by atoms with Crippen molar-refractivity contribution >= 4 is 33.2 Å². The van der Waals surface area contributed by atoms with Crippen LogP contribution in [0.3, 0.4) is 0 Å². The summed E-state index contributed by atoms with van der Waals surface area (Å²) < 4.78 is 27.5. The van der Waals surface area contributed by atoms with Crippen molar-refractivity contribution in [3.05, 3.63) is 42.5 Å². The molecule has 2 unspecified atom stereocenters. The molecule has 2 fully saturated rings. The molecule has 0 saturated carbocycles. The van der Waals surface area contributed by atoms with Crippen molar-refractivity contribution in [3.63, 3.8) is 0 Å². The average Bonchev–Trinajstić information content (AvgIpc) is 3.02. The minimum Gasteiger partial charge on any atom is -0.314 e. The fourth-order valence-electron chi connectivity index (χ4n) is 3.71. The molecule has 23 heavy (non-hydrogen) atoms. The number of piperidine rings is 1. The Hall–Kier alpha value is -1.14. The zero-order valence-corrected chi connectivity index (χ0v) is 14.4. The van der Waals surface area contributed by atoms with Gasteiger partial charge in [0, 0.05) is 19.1 Å². The van der Waals surface area contributed by atoms with Crippen LogP contribution in [-0.2, 0) is 10.0 Å². The van der Waals surface area contributed by atoms with Crippen LogP contribution < -0.4 is 5.32 Å². The summed E-state index contributed by atoms with van der Waals surface area (Å²) >= 11 is 0. The van der Waals surface area contributed by atoms with E-state index in [1.165, 1.54) is 0 Å². The van der Waals surface area contributed by atoms with Crippen molar-refractivity contribution in [1.82, 2.24) is 9.62 Å². The zero-order valence-electron chi connectivity index (χ0n) is 12.8. The Morgan fingerprint density at radius 1 is 1.04 bits per heavy atom. The summed E-state index contributed by atoms with van der Waals surface area (Å²) in [6, 6.07) is 13.8. The summed E-state index contributed by atoms with van der Waals surface area (Å²) in [6.07, 6.45) is 1.99. The van der Waals surface area contributed by atoms with Crippen LogP contribution in [0.4, 0.5) is 0 Å². The quantitative estimate of drug-likeness (QED) is 0.904. The van der Waals surface area contributed by atoms with Gasteiger partial charge in [0.25, 0.3) is 0 Å². The van der Waals surface area contributed by atoms with E-state index in [4.69, 9.17) is 0 Å². The van der Waals surface area contributed by atoms with Crippen LogP contribution in [0.1, 0.15) is 12.8 Å². The molecule has 6 heteroatoms. The minimum atomic E-state index is -3.39. The van der Waals surface area contributed by atoms with Crippen molar-refractivity contribution in [2.45, 2.75) is 23.8 Å². The predicted molar refractivity (Wildman–Crippen MR) is 94.5 cm³/mol. The molecule has 2 aliphatic rings. The SMILES string of the molecule is Cl.O=S(=O)(c1ccc2ccccc2c1)N1CCC2NCCC2C1. The van der Waals surface area contributed by atoms with Gasteiger partial charge in [0.15, 0.2) is 0 Å². The van der Waals surface area contributed by atoms with Crippen LogP contribution in [0, 0.1) is 5.92 Å². The Kier molecular flexibility index (Phi) is 4.65. The molecule has 1 N–H and O–H groups in total. The number of sulfonamides is 1. The molecule has 2 aromatic rings. The standard InChI is InChI=1S/C17H20N2O2S.ClH/c20-22(21,19-10-8-17-15(12-19)7-9-18-17)16-6-5-13-3-1-2-4-14(13)11-16;/h1-6,11,15,17-18H,7-10,12H2;1H. The van der Waals surface area contributed by atoms with E-state index in [9.17, 15) is 8.42 Å². The van der Waals surface area contributed by atoms with E-state index < -0.39 is 10.0 Å². The summed E-state index contributed by atoms with van der Waals surface area (Å²) in [4.78, 5) is 0.413. The third-order valence-electron chi connectivity index (χ3n) is 4.98. The predicted octanol–water partition coefficient (Wildman–Crippen LogP) is 2.63. The highest BCUT2D eigenvalue weighted by molar-refractivity contribution is 7.89. The molecule has 0 amide bonds. The lowest BCUT2D eigenvalue weighted by molar-refractivity contribution is 0.247. The first-order valence-electron chi connectivity index (χ1n) is 7.87. The first kappa shape index (κ1) is 16.7. The number of halogens is 1. The largest absolute Gasteiger partial charge is 0.314 e. The lowest BCUT2D eigenvalue weighted by atomic mass is 9.95. The van der Waals surface area contributed by atoms with Crippen molar-refractivity contribution in [3.8, 4) is 0 Å². The van der Waals surface area contributed by atoms with Gasteiger partial charge in [-0.2, -0.15) is 4.31 Å². The van der Waals surface area contributed by atoms with E-state index in [1.54, 1.807) is 16.4 Å². The molecule has 0 spiro atoms. The normalized spacial score (nSPS) is 25.0. The van der Waals surface area contributed by atoms with Crippen molar-refractivity contribution in [2.24, 2.45) is 5.92 Å². The molecule has 124 valence electrons. The average molecular weight is 353 g/mol. The minimum absolute atomic E-state index is 0. The van der Waals surface area contributed by atoms with E-state index in [2.05, 4.69) is 5.32 Å². The molecular formula is C17H21ClN2O2S. The number of hydrogen-bond acceptors (Lipinski definition) is 3. The number of nitrogens with zero attached hydrogens (tertiary/aromatic N) is 1. The van der Waals surface area contributed by atoms with Crippen molar-refractivity contribution in [1.29, 1.82) is 0 Å². The molecule has 4 nitrogen and oxygen atoms in total. The first-order chi connectivity index (χ1) is 10.6. The lowest BCUT2D eigenvalue weighted by Gasteiger charge is -2.34. The Morgan fingerprint density at radius 2 is 1.83 bits per heavy atom. The highest BCUT2D eigenvalue weighted by Crippen LogP contribution is 2.29. The Balaban J connectivity index is 0.00000156. The third-order valence-corrected chi connectivity index (χ3v) is 6.84. The van der Waals surface area contributed by atoms with E-state index in [0.717, 1.165) is 30.2 Å². The molecule has 2 aliphatic heterocycles. The van der Waals surface area contributed by atoms with Crippen LogP contribution in [0.2, 0.25) is 0 Å². The number of hydrogen-bond donors (Lipinski definition) is 1. The van der Waals surface area contributed by atoms with Crippen LogP contribution >= 0.6 is 12.4 Å². The van der Waals surface area contributed by atoms with Gasteiger partial charge < -0.3 is 5.32 Å². The molecule has 2 heterocycles. The zero-order chi connectivity index (χ0) is 15.2. The topological polar surface area (TPSA) is 49.4 Å². The molecule has 0 bridgehead atoms. The summed E-state index contributed by atoms with van der Waals surface area (Å²) in [5.74, 6) is 0.462. The Bertz CT molecular complexity index is 809. The molecule has 2 aromatic carbocycles. The number of nitrogens with one attached hydrogen (secondary N) is 1. The van der Waals surface area contributed by atoms with Gasteiger partial charge in [-0.25, -0.2) is 8.42 Å². The van der Waals surface area contributed by atoms with E-state index >= 15 is 0 Å². The lowest BCUT2D eigenvalue weighted by Crippen LogP contribution is -2.46. The van der Waals surface area contributed by atoms with Crippen molar-refractivity contribution in [2.75, 3.05) is 19.6 Å². The highest BCUT2D eigenvalue weighted by atomic mass is 35.5. The second-order valence-corrected chi connectivity index (χ2v) is 8.21. The summed E-state index contributed by atoms with van der Waals surface area (Å²) in [7, 11) is -3.39. The fraction of sp³-hybridized carbons (Fsp3) is 0.412. The van der Waals surface area contributed by atoms with E-state index in [0.29, 0.717) is 29.9 Å². The first-order valence-corrected chi connectivity index (χ1v) is 9.31. The Labute approximate surface area is 143 Å². The maximum absolute atomic E-state index is 12.9. The Morgan fingerprint density at radius 3 is 2.65 bits per heavy atom. The van der Waals surface area contributed by atoms with Gasteiger partial charge in [0.05, 0.1) is 4.90 Å². The maximum atomic E-state index is 12.9. The van der Waals surface area contributed by atoms with Crippen LogP contribution in [-0.4, -0.2) is 38.4 Å². The summed E-state index contributed by atoms with van der Waals surface area (Å²) in [5.41, 5.74) is 0. The molecule has 0 radical (unpaired) electrons. The number of benzene rings is 2. The van der Waals surface area contributed by atoms with Gasteiger partial charge in [-0.1, -0.05) is 30.3 Å². The molecular weight excluding hydrogens is 332 g/mol. The van der Waals surface area contributed by atoms with Crippen LogP contribution in [0.5, 0.6) is 0 Å². The van der Waals surface area contributed by atoms with Gasteiger partial charge in [-0.05, 0) is 48.2 Å². The van der Waals surface area contributed by atoms with Gasteiger partial charge >= 0.3 is 0 Å². The summed E-state index contributed by atoms with van der Waals surface area (Å²) in [6.45, 7) is 2.27. The monoisotopic (exact) mass is 352 g/mol. The third kappa shape index (κ3) is 2.98. The van der Waals surface area contributed by atoms with E-state index in [1.807, 2.05) is 30.3 Å². The molecule has 4 rings (SSSR count). The van der Waals surface area contributed by atoms with Gasteiger partial charge in [0.1, 0.15) is 0 Å². The van der Waals surface area contributed by atoms with Crippen molar-refractivity contribution < 1.29 is 8.42 Å². The second kappa shape index (κ2) is 6.40. The van der Waals surface area contributed by atoms with E-state index in [-0.39, 0.29) is 12.4 Å². The summed E-state index contributed by atoms with van der Waals surface area (Å²) in [5, 5.41) is 5.52. The van der Waals surface area contributed by atoms with Gasteiger partial charge in [-0.15, -0.1) is 12.4 Å². The van der Waals surface area contributed by atoms with Crippen LogP contribution in [0.25, 0.3) is 10.8 Å². The maximum Gasteiger partial charge on any atom is 0.243 e. The van der Waals surface area contributed by atoms with Crippen LogP contribution in [0.15, 0.2) is 47.4 Å². The number of rotatable bonds is 2. The fourth-order valence-corrected chi connectivity index (χ4v) is 5.26. The molecule has 2 atom stereocenters. The molecule has 2 saturated heterocycles. The number of fused-ring (bicyclic) bond motifs is 2. The van der Waals surface area contributed by atoms with Gasteiger partial charge in [0.2, 0.25) is 10.0 Å². The molecule has 0 aliphatic carbocycles.